The van der Waals surface area contributed by atoms with Gasteiger partial charge in [0, 0.05) is 21.5 Å². The first-order valence-electron chi connectivity index (χ1n) is 6.41. The van der Waals surface area contributed by atoms with Crippen LogP contribution in [-0.4, -0.2) is 28.6 Å². The van der Waals surface area contributed by atoms with Crippen molar-refractivity contribution in [3.8, 4) is 0 Å². The number of hydrogen-bond donors (Lipinski definition) is 2. The topological polar surface area (TPSA) is 49.3 Å². The predicted octanol–water partition coefficient (Wildman–Crippen LogP) is 4.23. The molecule has 19 heavy (non-hydrogen) atoms. The van der Waals surface area contributed by atoms with Crippen LogP contribution in [0.4, 0.5) is 5.69 Å². The van der Waals surface area contributed by atoms with Crippen molar-refractivity contribution in [3.63, 3.8) is 0 Å². The molecular formula is C14H18BrNO2S. The second-order valence-electron chi connectivity index (χ2n) is 4.89. The average Bonchev–Trinajstić information content (AvgIpc) is 2.39. The molecule has 0 atom stereocenters. The minimum atomic E-state index is -0.893. The number of carbonyl (C=O) groups is 1. The van der Waals surface area contributed by atoms with Gasteiger partial charge in [-0.05, 0) is 50.1 Å². The number of halogens is 1. The van der Waals surface area contributed by atoms with Crippen molar-refractivity contribution in [3.05, 3.63) is 28.2 Å². The van der Waals surface area contributed by atoms with E-state index in [9.17, 15) is 4.79 Å². The summed E-state index contributed by atoms with van der Waals surface area (Å²) < 4.78 is 0.799. The number of carboxylic acid groups (broad SMARTS) is 1. The Morgan fingerprint density at radius 2 is 2.00 bits per heavy atom. The van der Waals surface area contributed by atoms with Crippen LogP contribution >= 0.6 is 27.7 Å². The number of hydrogen-bond acceptors (Lipinski definition) is 3. The fourth-order valence-corrected chi connectivity index (χ4v) is 3.71. The molecule has 0 bridgehead atoms. The first-order valence-corrected chi connectivity index (χ1v) is 8.50. The average molecular weight is 344 g/mol. The molecule has 3 nitrogen and oxygen atoms in total. The first kappa shape index (κ1) is 14.7. The normalized spacial score (nSPS) is 23.1. The largest absolute Gasteiger partial charge is 0.478 e. The summed E-state index contributed by atoms with van der Waals surface area (Å²) >= 11 is 5.31. The molecule has 0 unspecified atom stereocenters. The van der Waals surface area contributed by atoms with Gasteiger partial charge in [0.15, 0.2) is 0 Å². The van der Waals surface area contributed by atoms with Gasteiger partial charge in [0.25, 0.3) is 0 Å². The molecule has 1 aromatic carbocycles. The standard InChI is InChI=1S/C14H18BrNO2S/c1-19-13-4-2-11(3-5-13)16-12-7-9(14(17)18)6-10(15)8-12/h6-8,11,13,16H,2-5H2,1H3,(H,17,18). The molecule has 0 aromatic heterocycles. The monoisotopic (exact) mass is 343 g/mol. The highest BCUT2D eigenvalue weighted by molar-refractivity contribution is 9.10. The minimum Gasteiger partial charge on any atom is -0.478 e. The van der Waals surface area contributed by atoms with E-state index >= 15 is 0 Å². The van der Waals surface area contributed by atoms with Gasteiger partial charge in [-0.3, -0.25) is 0 Å². The van der Waals surface area contributed by atoms with Crippen molar-refractivity contribution >= 4 is 39.3 Å². The molecule has 2 N–H and O–H groups in total. The molecule has 1 aliphatic rings. The molecule has 1 saturated carbocycles. The van der Waals surface area contributed by atoms with E-state index in [4.69, 9.17) is 5.11 Å². The molecule has 0 amide bonds. The number of carboxylic acids is 1. The van der Waals surface area contributed by atoms with Gasteiger partial charge in [-0.2, -0.15) is 11.8 Å². The molecule has 5 heteroatoms. The highest BCUT2D eigenvalue weighted by atomic mass is 79.9. The summed E-state index contributed by atoms with van der Waals surface area (Å²) in [5, 5.41) is 13.3. The molecule has 1 fully saturated rings. The van der Waals surface area contributed by atoms with Crippen LogP contribution in [0.25, 0.3) is 0 Å². The zero-order valence-corrected chi connectivity index (χ0v) is 13.3. The van der Waals surface area contributed by atoms with E-state index in [2.05, 4.69) is 27.5 Å². The van der Waals surface area contributed by atoms with Crippen LogP contribution in [0.2, 0.25) is 0 Å². The van der Waals surface area contributed by atoms with Gasteiger partial charge in [0.2, 0.25) is 0 Å². The zero-order valence-electron chi connectivity index (χ0n) is 10.9. The molecule has 104 valence electrons. The van der Waals surface area contributed by atoms with E-state index in [-0.39, 0.29) is 0 Å². The predicted molar refractivity (Wildman–Crippen MR) is 84.3 cm³/mol. The number of rotatable bonds is 4. The van der Waals surface area contributed by atoms with Crippen LogP contribution in [0.15, 0.2) is 22.7 Å². The Morgan fingerprint density at radius 3 is 2.58 bits per heavy atom. The molecule has 0 radical (unpaired) electrons. The van der Waals surface area contributed by atoms with E-state index in [0.29, 0.717) is 11.6 Å². The highest BCUT2D eigenvalue weighted by Gasteiger charge is 2.20. The number of thioether (sulfide) groups is 1. The molecule has 0 aliphatic heterocycles. The second-order valence-corrected chi connectivity index (χ2v) is 6.94. The SMILES string of the molecule is CSC1CCC(Nc2cc(Br)cc(C(=O)O)c2)CC1. The van der Waals surface area contributed by atoms with Gasteiger partial charge in [-0.1, -0.05) is 15.9 Å². The fourth-order valence-electron chi connectivity index (χ4n) is 2.48. The molecule has 0 saturated heterocycles. The molecule has 1 aromatic rings. The summed E-state index contributed by atoms with van der Waals surface area (Å²) in [5.41, 5.74) is 1.20. The minimum absolute atomic E-state index is 0.315. The fraction of sp³-hybridized carbons (Fsp3) is 0.500. The quantitative estimate of drug-likeness (QED) is 0.858. The highest BCUT2D eigenvalue weighted by Crippen LogP contribution is 2.29. The Bertz CT molecular complexity index is 459. The second kappa shape index (κ2) is 6.66. The smallest absolute Gasteiger partial charge is 0.335 e. The van der Waals surface area contributed by atoms with Crippen LogP contribution in [-0.2, 0) is 0 Å². The van der Waals surface area contributed by atoms with Crippen molar-refractivity contribution < 1.29 is 9.90 Å². The molecular weight excluding hydrogens is 326 g/mol. The Labute approximate surface area is 126 Å². The summed E-state index contributed by atoms with van der Waals surface area (Å²) in [6, 6.07) is 5.72. The van der Waals surface area contributed by atoms with Crippen molar-refractivity contribution in [2.24, 2.45) is 0 Å². The van der Waals surface area contributed by atoms with Crippen LogP contribution in [0.1, 0.15) is 36.0 Å². The van der Waals surface area contributed by atoms with E-state index in [0.717, 1.165) is 28.3 Å². The number of aromatic carboxylic acids is 1. The van der Waals surface area contributed by atoms with Gasteiger partial charge < -0.3 is 10.4 Å². The number of anilines is 1. The Balaban J connectivity index is 2.01. The lowest BCUT2D eigenvalue weighted by Gasteiger charge is -2.28. The number of benzene rings is 1. The third kappa shape index (κ3) is 4.14. The number of nitrogens with one attached hydrogen (secondary N) is 1. The molecule has 0 heterocycles. The summed E-state index contributed by atoms with van der Waals surface area (Å²) in [4.78, 5) is 11.0. The first-order chi connectivity index (χ1) is 9.08. The third-order valence-corrected chi connectivity index (χ3v) is 5.12. The van der Waals surface area contributed by atoms with Gasteiger partial charge in [0.1, 0.15) is 0 Å². The van der Waals surface area contributed by atoms with Gasteiger partial charge >= 0.3 is 5.97 Å². The lowest BCUT2D eigenvalue weighted by molar-refractivity contribution is 0.0697. The van der Waals surface area contributed by atoms with Crippen LogP contribution in [0, 0.1) is 0 Å². The van der Waals surface area contributed by atoms with Crippen molar-refractivity contribution in [1.82, 2.24) is 0 Å². The van der Waals surface area contributed by atoms with E-state index in [1.807, 2.05) is 17.8 Å². The Morgan fingerprint density at radius 1 is 1.32 bits per heavy atom. The lowest BCUT2D eigenvalue weighted by Crippen LogP contribution is -2.27. The van der Waals surface area contributed by atoms with E-state index in [1.165, 1.54) is 12.8 Å². The Hall–Kier alpha value is -0.680. The maximum atomic E-state index is 11.0. The summed E-state index contributed by atoms with van der Waals surface area (Å²) in [7, 11) is 0. The van der Waals surface area contributed by atoms with Gasteiger partial charge in [-0.25, -0.2) is 4.79 Å². The van der Waals surface area contributed by atoms with Gasteiger partial charge in [0.05, 0.1) is 5.56 Å². The molecule has 1 aliphatic carbocycles. The van der Waals surface area contributed by atoms with Crippen molar-refractivity contribution in [1.29, 1.82) is 0 Å². The summed E-state index contributed by atoms with van der Waals surface area (Å²) in [6.07, 6.45) is 6.95. The van der Waals surface area contributed by atoms with E-state index < -0.39 is 5.97 Å². The van der Waals surface area contributed by atoms with Gasteiger partial charge in [-0.15, -0.1) is 0 Å². The Kier molecular flexibility index (Phi) is 5.16. The van der Waals surface area contributed by atoms with Crippen molar-refractivity contribution in [2.75, 3.05) is 11.6 Å². The summed E-state index contributed by atoms with van der Waals surface area (Å²) in [5.74, 6) is -0.893. The summed E-state index contributed by atoms with van der Waals surface area (Å²) in [6.45, 7) is 0. The molecule has 0 spiro atoms. The third-order valence-electron chi connectivity index (χ3n) is 3.52. The maximum absolute atomic E-state index is 11.0. The van der Waals surface area contributed by atoms with Crippen LogP contribution in [0.3, 0.4) is 0 Å². The zero-order chi connectivity index (χ0) is 13.8. The molecule has 2 rings (SSSR count). The van der Waals surface area contributed by atoms with Crippen LogP contribution < -0.4 is 5.32 Å². The maximum Gasteiger partial charge on any atom is 0.335 e. The lowest BCUT2D eigenvalue weighted by atomic mass is 9.94. The van der Waals surface area contributed by atoms with Crippen molar-refractivity contribution in [2.45, 2.75) is 37.0 Å². The van der Waals surface area contributed by atoms with Crippen LogP contribution in [0.5, 0.6) is 0 Å². The van der Waals surface area contributed by atoms with E-state index in [1.54, 1.807) is 12.1 Å².